The van der Waals surface area contributed by atoms with Crippen molar-refractivity contribution in [1.82, 2.24) is 14.1 Å². The van der Waals surface area contributed by atoms with Gasteiger partial charge in [0.25, 0.3) is 0 Å². The topological polar surface area (TPSA) is 96.6 Å². The summed E-state index contributed by atoms with van der Waals surface area (Å²) in [4.78, 5) is 29.2. The Hall–Kier alpha value is -3.49. The van der Waals surface area contributed by atoms with E-state index in [4.69, 9.17) is 14.2 Å². The molecule has 9 nitrogen and oxygen atoms in total. The zero-order valence-corrected chi connectivity index (χ0v) is 15.6. The molecule has 0 aliphatic carbocycles. The molecule has 0 unspecified atom stereocenters. The molecule has 0 saturated heterocycles. The highest BCUT2D eigenvalue weighted by Gasteiger charge is 2.20. The van der Waals surface area contributed by atoms with Crippen LogP contribution in [0.2, 0.25) is 0 Å². The predicted molar refractivity (Wildman–Crippen MR) is 102 cm³/mol. The summed E-state index contributed by atoms with van der Waals surface area (Å²) in [6.45, 7) is 4.67. The Labute approximate surface area is 160 Å². The molecule has 2 aromatic heterocycles. The van der Waals surface area contributed by atoms with E-state index in [1.807, 2.05) is 6.92 Å². The number of ether oxygens (including phenoxy) is 3. The second-order valence-electron chi connectivity index (χ2n) is 6.22. The lowest BCUT2D eigenvalue weighted by molar-refractivity contribution is 0.168. The average molecular weight is 384 g/mol. The number of imidazole rings is 1. The van der Waals surface area contributed by atoms with Gasteiger partial charge in [0.15, 0.2) is 17.1 Å². The number of nitrogens with one attached hydrogen (secondary N) is 1. The number of hydrogen-bond acceptors (Lipinski definition) is 6. The molecule has 3 aromatic rings. The van der Waals surface area contributed by atoms with Gasteiger partial charge >= 0.3 is 11.8 Å². The van der Waals surface area contributed by atoms with Crippen molar-refractivity contribution in [3.8, 4) is 17.2 Å². The number of carbonyl (C=O) groups excluding carboxylic acids is 1. The van der Waals surface area contributed by atoms with E-state index in [-0.39, 0.29) is 19.1 Å². The monoisotopic (exact) mass is 384 g/mol. The van der Waals surface area contributed by atoms with E-state index in [0.29, 0.717) is 40.6 Å². The number of anilines is 1. The summed E-state index contributed by atoms with van der Waals surface area (Å²) in [5.74, 6) is 1.23. The molecule has 0 atom stereocenters. The molecule has 1 aromatic carbocycles. The zero-order valence-electron chi connectivity index (χ0n) is 15.6. The first-order valence-electron chi connectivity index (χ1n) is 9.07. The van der Waals surface area contributed by atoms with Crippen molar-refractivity contribution in [3.05, 3.63) is 40.9 Å². The summed E-state index contributed by atoms with van der Waals surface area (Å²) in [6.07, 6.45) is 1.71. The molecule has 1 aliphatic heterocycles. The molecule has 0 bridgehead atoms. The van der Waals surface area contributed by atoms with Crippen LogP contribution in [0.15, 0.2) is 35.3 Å². The van der Waals surface area contributed by atoms with Crippen molar-refractivity contribution in [1.29, 1.82) is 0 Å². The SMILES string of the molecule is CCCn1c(=O)n(-c2ccc3c(c2)OCO3)c2ncc(NC(=O)OCC)cc21. The third-order valence-electron chi connectivity index (χ3n) is 4.36. The van der Waals surface area contributed by atoms with Crippen LogP contribution in [0, 0.1) is 0 Å². The van der Waals surface area contributed by atoms with E-state index in [2.05, 4.69) is 10.3 Å². The summed E-state index contributed by atoms with van der Waals surface area (Å²) in [5, 5.41) is 2.62. The van der Waals surface area contributed by atoms with Gasteiger partial charge in [0.1, 0.15) is 0 Å². The van der Waals surface area contributed by atoms with Gasteiger partial charge in [-0.1, -0.05) is 6.92 Å². The number of hydrogen-bond donors (Lipinski definition) is 1. The van der Waals surface area contributed by atoms with Crippen molar-refractivity contribution in [2.24, 2.45) is 0 Å². The number of fused-ring (bicyclic) bond motifs is 2. The highest BCUT2D eigenvalue weighted by atomic mass is 16.7. The molecule has 3 heterocycles. The molecule has 1 N–H and O–H groups in total. The minimum absolute atomic E-state index is 0.159. The van der Waals surface area contributed by atoms with E-state index in [1.165, 1.54) is 10.8 Å². The Morgan fingerprint density at radius 2 is 2.07 bits per heavy atom. The minimum atomic E-state index is -0.566. The molecule has 146 valence electrons. The van der Waals surface area contributed by atoms with Crippen LogP contribution in [0.1, 0.15) is 20.3 Å². The quantitative estimate of drug-likeness (QED) is 0.727. The summed E-state index contributed by atoms with van der Waals surface area (Å²) in [5.41, 5.74) is 1.99. The van der Waals surface area contributed by atoms with Gasteiger partial charge < -0.3 is 14.2 Å². The van der Waals surface area contributed by atoms with E-state index in [1.54, 1.807) is 35.8 Å². The van der Waals surface area contributed by atoms with Gasteiger partial charge in [0, 0.05) is 12.6 Å². The average Bonchev–Trinajstić information content (AvgIpc) is 3.24. The Bertz CT molecular complexity index is 1100. The Balaban J connectivity index is 1.84. The lowest BCUT2D eigenvalue weighted by Crippen LogP contribution is -2.23. The molecular weight excluding hydrogens is 364 g/mol. The molecular formula is C19H20N4O5. The smallest absolute Gasteiger partial charge is 0.411 e. The summed E-state index contributed by atoms with van der Waals surface area (Å²) in [7, 11) is 0. The molecule has 1 amide bonds. The maximum atomic E-state index is 13.1. The van der Waals surface area contributed by atoms with Crippen molar-refractivity contribution in [2.45, 2.75) is 26.8 Å². The van der Waals surface area contributed by atoms with Crippen molar-refractivity contribution in [2.75, 3.05) is 18.7 Å². The molecule has 1 aliphatic rings. The lowest BCUT2D eigenvalue weighted by Gasteiger charge is -2.06. The van der Waals surface area contributed by atoms with Crippen LogP contribution in [-0.2, 0) is 11.3 Å². The number of nitrogens with zero attached hydrogens (tertiary/aromatic N) is 3. The van der Waals surface area contributed by atoms with Gasteiger partial charge in [-0.15, -0.1) is 0 Å². The van der Waals surface area contributed by atoms with Crippen LogP contribution in [0.3, 0.4) is 0 Å². The minimum Gasteiger partial charge on any atom is -0.454 e. The molecule has 4 rings (SSSR count). The van der Waals surface area contributed by atoms with E-state index >= 15 is 0 Å². The van der Waals surface area contributed by atoms with E-state index < -0.39 is 6.09 Å². The first-order valence-corrected chi connectivity index (χ1v) is 9.07. The standard InChI is InChI=1S/C19H20N4O5/c1-3-7-22-14-8-12(21-18(24)26-4-2)10-20-17(14)23(19(22)25)13-5-6-15-16(9-13)28-11-27-15/h5-6,8-10H,3-4,7,11H2,1-2H3,(H,21,24). The van der Waals surface area contributed by atoms with Gasteiger partial charge in [-0.05, 0) is 31.5 Å². The largest absolute Gasteiger partial charge is 0.454 e. The van der Waals surface area contributed by atoms with Crippen LogP contribution in [0.4, 0.5) is 10.5 Å². The first-order chi connectivity index (χ1) is 13.6. The number of amides is 1. The maximum absolute atomic E-state index is 13.1. The molecule has 0 radical (unpaired) electrons. The first kappa shape index (κ1) is 17.9. The molecule has 9 heteroatoms. The number of benzene rings is 1. The van der Waals surface area contributed by atoms with Gasteiger partial charge in [0.05, 0.1) is 29.7 Å². The van der Waals surface area contributed by atoms with Crippen LogP contribution >= 0.6 is 0 Å². The van der Waals surface area contributed by atoms with Gasteiger partial charge in [-0.2, -0.15) is 0 Å². The highest BCUT2D eigenvalue weighted by molar-refractivity contribution is 5.87. The predicted octanol–water partition coefficient (Wildman–Crippen LogP) is 2.89. The second kappa shape index (κ2) is 7.26. The molecule has 28 heavy (non-hydrogen) atoms. The van der Waals surface area contributed by atoms with Crippen LogP contribution in [0.25, 0.3) is 16.9 Å². The van der Waals surface area contributed by atoms with Crippen molar-refractivity contribution < 1.29 is 19.0 Å². The van der Waals surface area contributed by atoms with Crippen LogP contribution in [0.5, 0.6) is 11.5 Å². The number of rotatable bonds is 5. The molecule has 0 fully saturated rings. The third-order valence-corrected chi connectivity index (χ3v) is 4.36. The molecule has 0 spiro atoms. The van der Waals surface area contributed by atoms with Crippen molar-refractivity contribution >= 4 is 22.9 Å². The van der Waals surface area contributed by atoms with Gasteiger partial charge in [-0.3, -0.25) is 9.88 Å². The Morgan fingerprint density at radius 3 is 2.86 bits per heavy atom. The fourth-order valence-electron chi connectivity index (χ4n) is 3.18. The number of pyridine rings is 1. The Kier molecular flexibility index (Phi) is 4.64. The summed E-state index contributed by atoms with van der Waals surface area (Å²) < 4.78 is 18.8. The zero-order chi connectivity index (χ0) is 19.7. The summed E-state index contributed by atoms with van der Waals surface area (Å²) >= 11 is 0. The summed E-state index contributed by atoms with van der Waals surface area (Å²) in [6, 6.07) is 7.03. The maximum Gasteiger partial charge on any atom is 0.411 e. The normalized spacial score (nSPS) is 12.4. The van der Waals surface area contributed by atoms with Crippen LogP contribution in [-0.4, -0.2) is 33.6 Å². The lowest BCUT2D eigenvalue weighted by atomic mass is 10.2. The van der Waals surface area contributed by atoms with Gasteiger partial charge in [0.2, 0.25) is 6.79 Å². The van der Waals surface area contributed by atoms with E-state index in [0.717, 1.165) is 6.42 Å². The second-order valence-corrected chi connectivity index (χ2v) is 6.22. The number of aryl methyl sites for hydroxylation is 1. The fraction of sp³-hybridized carbons (Fsp3) is 0.316. The van der Waals surface area contributed by atoms with E-state index in [9.17, 15) is 9.59 Å². The fourth-order valence-corrected chi connectivity index (χ4v) is 3.18. The van der Waals surface area contributed by atoms with Crippen LogP contribution < -0.4 is 20.5 Å². The van der Waals surface area contributed by atoms with Gasteiger partial charge in [-0.25, -0.2) is 19.1 Å². The third kappa shape index (κ3) is 3.04. The number of aromatic nitrogens is 3. The number of carbonyl (C=O) groups is 1. The molecule has 0 saturated carbocycles. The van der Waals surface area contributed by atoms with Crippen molar-refractivity contribution in [3.63, 3.8) is 0 Å². The Morgan fingerprint density at radius 1 is 1.25 bits per heavy atom. The highest BCUT2D eigenvalue weighted by Crippen LogP contribution is 2.34.